The zero-order chi connectivity index (χ0) is 38.1. The summed E-state index contributed by atoms with van der Waals surface area (Å²) in [5.74, 6) is 2.12. The standard InChI is InChI=1S/C41H53ClN9O3P/c1-55(2,54)37-6-4-3-5-35(37)45-39-34(42)22-43-41(47-39)44-32-15-18-49(27-32)24-28-11-16-48(17-12-28)23-29-13-19-50(20-14-29)33-8-7-30-25-51(26-31(30)21-33)36-9-10-38(52)46-40(36)53/h3-8,21-22,25-26,28-29,32,36H,9-20,23-24,27H2,1-2H3,(H,46,52,53)(H2,43,44,45,47). The van der Waals surface area contributed by atoms with Crippen molar-refractivity contribution in [3.05, 3.63) is 66.1 Å². The molecule has 2 aromatic carbocycles. The van der Waals surface area contributed by atoms with Gasteiger partial charge in [0.2, 0.25) is 17.8 Å². The first-order chi connectivity index (χ1) is 26.5. The van der Waals surface area contributed by atoms with Crippen LogP contribution >= 0.6 is 18.7 Å². The maximum absolute atomic E-state index is 12.9. The van der Waals surface area contributed by atoms with E-state index in [1.165, 1.54) is 51.0 Å². The van der Waals surface area contributed by atoms with Gasteiger partial charge >= 0.3 is 0 Å². The van der Waals surface area contributed by atoms with E-state index in [0.717, 1.165) is 72.7 Å². The van der Waals surface area contributed by atoms with Gasteiger partial charge in [0.15, 0.2) is 5.82 Å². The van der Waals surface area contributed by atoms with E-state index in [9.17, 15) is 14.2 Å². The van der Waals surface area contributed by atoms with Gasteiger partial charge in [0, 0.05) is 80.5 Å². The summed E-state index contributed by atoms with van der Waals surface area (Å²) in [5, 5.41) is 12.8. The number of aromatic nitrogens is 3. The van der Waals surface area contributed by atoms with Gasteiger partial charge in [0.1, 0.15) is 18.2 Å². The fourth-order valence-corrected chi connectivity index (χ4v) is 10.2. The van der Waals surface area contributed by atoms with Gasteiger partial charge in [0.25, 0.3) is 0 Å². The first-order valence-electron chi connectivity index (χ1n) is 19.9. The topological polar surface area (TPSA) is 128 Å². The highest BCUT2D eigenvalue weighted by molar-refractivity contribution is 7.70. The molecule has 3 N–H and O–H groups in total. The molecule has 0 spiro atoms. The third-order valence-electron chi connectivity index (χ3n) is 12.0. The largest absolute Gasteiger partial charge is 0.371 e. The van der Waals surface area contributed by atoms with Crippen LogP contribution in [-0.4, -0.2) is 108 Å². The van der Waals surface area contributed by atoms with Gasteiger partial charge in [-0.05, 0) is 106 Å². The number of likely N-dealkylation sites (tertiary alicyclic amines) is 2. The normalized spacial score (nSPS) is 22.3. The van der Waals surface area contributed by atoms with Crippen molar-refractivity contribution in [3.8, 4) is 0 Å². The van der Waals surface area contributed by atoms with Gasteiger partial charge in [-0.2, -0.15) is 4.98 Å². The molecule has 2 unspecified atom stereocenters. The van der Waals surface area contributed by atoms with Crippen molar-refractivity contribution in [1.82, 2.24) is 29.7 Å². The molecule has 4 aliphatic heterocycles. The molecule has 12 nitrogen and oxygen atoms in total. The highest BCUT2D eigenvalue weighted by Gasteiger charge is 2.30. The number of carbonyl (C=O) groups is 2. The Hall–Kier alpha value is -3.96. The molecule has 0 saturated carbocycles. The fraction of sp³-hybridized carbons (Fsp3) is 0.512. The smallest absolute Gasteiger partial charge is 0.249 e. The summed E-state index contributed by atoms with van der Waals surface area (Å²) in [6, 6.07) is 14.2. The molecule has 2 atom stereocenters. The molecule has 14 heteroatoms. The van der Waals surface area contributed by atoms with E-state index < -0.39 is 7.14 Å². The molecule has 292 valence electrons. The van der Waals surface area contributed by atoms with Crippen molar-refractivity contribution in [2.75, 3.05) is 81.2 Å². The van der Waals surface area contributed by atoms with E-state index in [-0.39, 0.29) is 23.9 Å². The van der Waals surface area contributed by atoms with Gasteiger partial charge in [-0.15, -0.1) is 0 Å². The van der Waals surface area contributed by atoms with Crippen molar-refractivity contribution in [1.29, 1.82) is 0 Å². The number of rotatable bonds is 11. The Balaban J connectivity index is 0.761. The summed E-state index contributed by atoms with van der Waals surface area (Å²) in [5.41, 5.74) is 2.00. The molecule has 8 rings (SSSR count). The number of nitrogens with zero attached hydrogens (tertiary/aromatic N) is 6. The molecule has 55 heavy (non-hydrogen) atoms. The number of benzene rings is 2. The maximum atomic E-state index is 12.9. The maximum Gasteiger partial charge on any atom is 0.249 e. The number of piperidine rings is 3. The minimum atomic E-state index is -2.49. The average molecular weight is 786 g/mol. The van der Waals surface area contributed by atoms with Crippen molar-refractivity contribution < 1.29 is 14.2 Å². The Morgan fingerprint density at radius 2 is 1.58 bits per heavy atom. The van der Waals surface area contributed by atoms with Crippen molar-refractivity contribution >= 4 is 69.8 Å². The lowest BCUT2D eigenvalue weighted by Crippen LogP contribution is -2.43. The zero-order valence-corrected chi connectivity index (χ0v) is 33.6. The monoisotopic (exact) mass is 785 g/mol. The van der Waals surface area contributed by atoms with Crippen LogP contribution in [0.1, 0.15) is 51.0 Å². The van der Waals surface area contributed by atoms with Crippen LogP contribution in [0.4, 0.5) is 23.1 Å². The van der Waals surface area contributed by atoms with Crippen molar-refractivity contribution in [3.63, 3.8) is 0 Å². The van der Waals surface area contributed by atoms with Gasteiger partial charge in [-0.3, -0.25) is 14.9 Å². The van der Waals surface area contributed by atoms with Crippen molar-refractivity contribution in [2.45, 2.75) is 57.0 Å². The molecule has 0 radical (unpaired) electrons. The molecule has 2 aromatic heterocycles. The molecule has 4 saturated heterocycles. The minimum absolute atomic E-state index is 0.183. The number of para-hydroxylation sites is 1. The van der Waals surface area contributed by atoms with Gasteiger partial charge in [-0.1, -0.05) is 29.8 Å². The third kappa shape index (κ3) is 9.04. The first-order valence-corrected chi connectivity index (χ1v) is 22.9. The van der Waals surface area contributed by atoms with Crippen LogP contribution in [-0.2, 0) is 14.2 Å². The Bertz CT molecular complexity index is 2070. The second kappa shape index (κ2) is 16.3. The summed E-state index contributed by atoms with van der Waals surface area (Å²) < 4.78 is 14.8. The zero-order valence-electron chi connectivity index (χ0n) is 31.9. The molecular formula is C41H53ClN9O3P. The third-order valence-corrected chi connectivity index (χ3v) is 13.9. The van der Waals surface area contributed by atoms with Gasteiger partial charge < -0.3 is 34.5 Å². The number of anilines is 4. The van der Waals surface area contributed by atoms with Gasteiger partial charge in [0.05, 0.1) is 11.9 Å². The Morgan fingerprint density at radius 1 is 0.873 bits per heavy atom. The molecule has 0 aliphatic carbocycles. The number of nitrogens with one attached hydrogen (secondary N) is 3. The number of carbonyl (C=O) groups excluding carboxylic acids is 2. The second-order valence-corrected chi connectivity index (χ2v) is 20.0. The summed E-state index contributed by atoms with van der Waals surface area (Å²) in [6.07, 6.45) is 12.6. The number of imide groups is 1. The number of hydrogen-bond acceptors (Lipinski definition) is 10. The van der Waals surface area contributed by atoms with Crippen LogP contribution in [0, 0.1) is 11.8 Å². The lowest BCUT2D eigenvalue weighted by atomic mass is 9.92. The lowest BCUT2D eigenvalue weighted by Gasteiger charge is -2.39. The van der Waals surface area contributed by atoms with E-state index in [2.05, 4.69) is 60.0 Å². The first kappa shape index (κ1) is 37.9. The highest BCUT2D eigenvalue weighted by atomic mass is 35.5. The van der Waals surface area contributed by atoms with Crippen LogP contribution in [0.3, 0.4) is 0 Å². The Labute approximate surface area is 328 Å². The second-order valence-electron chi connectivity index (χ2n) is 16.4. The highest BCUT2D eigenvalue weighted by Crippen LogP contribution is 2.39. The predicted octanol–water partition coefficient (Wildman–Crippen LogP) is 6.17. The van der Waals surface area contributed by atoms with Crippen LogP contribution < -0.4 is 26.2 Å². The lowest BCUT2D eigenvalue weighted by molar-refractivity contribution is -0.135. The summed E-state index contributed by atoms with van der Waals surface area (Å²) in [7, 11) is -2.49. The molecule has 6 heterocycles. The van der Waals surface area contributed by atoms with Crippen LogP contribution in [0.15, 0.2) is 61.1 Å². The Kier molecular flexibility index (Phi) is 11.2. The molecule has 4 aromatic rings. The molecule has 4 aliphatic rings. The quantitative estimate of drug-likeness (QED) is 0.120. The van der Waals surface area contributed by atoms with E-state index in [4.69, 9.17) is 16.6 Å². The number of halogens is 1. The fourth-order valence-electron chi connectivity index (χ4n) is 8.95. The number of amides is 2. The molecule has 2 amide bonds. The SMILES string of the molecule is CP(C)(=O)c1ccccc1Nc1nc(NC2CCN(CC3CCN(CC4CCN(c5ccc6cn(C7CCC(=O)NC7=O)cc6c5)CC4)CC3)C2)ncc1Cl. The van der Waals surface area contributed by atoms with Crippen LogP contribution in [0.2, 0.25) is 5.02 Å². The Morgan fingerprint density at radius 3 is 2.35 bits per heavy atom. The molecular weight excluding hydrogens is 733 g/mol. The summed E-state index contributed by atoms with van der Waals surface area (Å²) in [4.78, 5) is 41.0. The average Bonchev–Trinajstić information content (AvgIpc) is 3.80. The predicted molar refractivity (Wildman–Crippen MR) is 222 cm³/mol. The molecule has 4 fully saturated rings. The van der Waals surface area contributed by atoms with E-state index in [0.29, 0.717) is 29.6 Å². The minimum Gasteiger partial charge on any atom is -0.371 e. The van der Waals surface area contributed by atoms with E-state index in [1.807, 2.05) is 35.0 Å². The number of fused-ring (bicyclic) bond motifs is 1. The van der Waals surface area contributed by atoms with E-state index in [1.54, 1.807) is 19.5 Å². The van der Waals surface area contributed by atoms with Crippen molar-refractivity contribution in [2.24, 2.45) is 11.8 Å². The molecule has 0 bridgehead atoms. The van der Waals surface area contributed by atoms with Crippen LogP contribution in [0.5, 0.6) is 0 Å². The summed E-state index contributed by atoms with van der Waals surface area (Å²) >= 11 is 6.48. The summed E-state index contributed by atoms with van der Waals surface area (Å²) in [6.45, 7) is 12.4. The van der Waals surface area contributed by atoms with Crippen LogP contribution in [0.25, 0.3) is 10.8 Å². The van der Waals surface area contributed by atoms with Gasteiger partial charge in [-0.25, -0.2) is 4.98 Å². The van der Waals surface area contributed by atoms with E-state index >= 15 is 0 Å². The number of hydrogen-bond donors (Lipinski definition) is 3.